The molecule has 2 aromatic rings. The van der Waals surface area contributed by atoms with Gasteiger partial charge in [0.2, 0.25) is 23.5 Å². The average Bonchev–Trinajstić information content (AvgIpc) is 3.62. The van der Waals surface area contributed by atoms with Gasteiger partial charge in [-0.1, -0.05) is 5.16 Å². The van der Waals surface area contributed by atoms with E-state index in [1.165, 1.54) is 25.6 Å². The molecule has 3 amide bonds. The predicted molar refractivity (Wildman–Crippen MR) is 166 cm³/mol. The van der Waals surface area contributed by atoms with Gasteiger partial charge in [0.15, 0.2) is 23.7 Å². The first-order valence-corrected chi connectivity index (χ1v) is 16.6. The minimum Gasteiger partial charge on any atom is -0.750 e. The van der Waals surface area contributed by atoms with Gasteiger partial charge in [-0.25, -0.2) is 18.6 Å². The molecule has 2 aromatic heterocycles. The van der Waals surface area contributed by atoms with Crippen LogP contribution in [0.1, 0.15) is 26.1 Å². The molecule has 3 atom stereocenters. The van der Waals surface area contributed by atoms with Crippen LogP contribution in [0.3, 0.4) is 0 Å². The number of amides is 3. The van der Waals surface area contributed by atoms with Gasteiger partial charge in [-0.2, -0.15) is 14.0 Å². The van der Waals surface area contributed by atoms with Crippen LogP contribution in [-0.2, 0) is 53.3 Å². The van der Waals surface area contributed by atoms with Crippen LogP contribution in [0.25, 0.3) is 0 Å². The van der Waals surface area contributed by atoms with Crippen LogP contribution >= 0.6 is 23.3 Å². The molecule has 0 spiro atoms. The average molecular weight is 748 g/mol. The second-order valence-electron chi connectivity index (χ2n) is 10.5. The summed E-state index contributed by atoms with van der Waals surface area (Å²) in [6.07, 6.45) is 2.89. The Labute approximate surface area is 287 Å². The molecule has 22 nitrogen and oxygen atoms in total. The third-order valence-corrected chi connectivity index (χ3v) is 8.73. The van der Waals surface area contributed by atoms with Crippen molar-refractivity contribution in [3.8, 4) is 0 Å². The first-order valence-electron chi connectivity index (χ1n) is 13.7. The summed E-state index contributed by atoms with van der Waals surface area (Å²) in [4.78, 5) is 72.6. The highest BCUT2D eigenvalue weighted by molar-refractivity contribution is 8.00. The predicted octanol–water partition coefficient (Wildman–Crippen LogP) is -2.99. The lowest BCUT2D eigenvalue weighted by atomic mass is 9.89. The molecule has 0 aromatic carbocycles. The Kier molecular flexibility index (Phi) is 13.3. The van der Waals surface area contributed by atoms with Crippen molar-refractivity contribution in [2.45, 2.75) is 37.8 Å². The third-order valence-electron chi connectivity index (χ3n) is 6.68. The number of aryl methyl sites for hydroxylation is 1. The molecule has 1 fully saturated rings. The van der Waals surface area contributed by atoms with Gasteiger partial charge in [-0.05, 0) is 19.4 Å². The van der Waals surface area contributed by atoms with E-state index in [-0.39, 0.29) is 41.9 Å². The number of oxime groups is 1. The minimum atomic E-state index is -2.88. The fourth-order valence-corrected chi connectivity index (χ4v) is 6.16. The van der Waals surface area contributed by atoms with Crippen LogP contribution in [0.15, 0.2) is 28.8 Å². The van der Waals surface area contributed by atoms with E-state index in [9.17, 15) is 34.2 Å². The van der Waals surface area contributed by atoms with E-state index in [4.69, 9.17) is 30.3 Å². The van der Waals surface area contributed by atoms with E-state index in [0.29, 0.717) is 17.8 Å². The zero-order chi connectivity index (χ0) is 36.6. The van der Waals surface area contributed by atoms with Gasteiger partial charge in [0.1, 0.15) is 17.9 Å². The number of carbonyl (C=O) groups excluding carboxylic acids is 3. The van der Waals surface area contributed by atoms with Gasteiger partial charge in [-0.15, -0.1) is 16.4 Å². The van der Waals surface area contributed by atoms with E-state index < -0.39 is 63.6 Å². The summed E-state index contributed by atoms with van der Waals surface area (Å²) in [5.41, 5.74) is 9.59. The number of β-lactam (4-membered cyclic amide) rings is 1. The van der Waals surface area contributed by atoms with Crippen LogP contribution in [0, 0.1) is 5.92 Å². The fraction of sp³-hybridized carbons (Fsp3) is 0.458. The normalized spacial score (nSPS) is 18.0. The second-order valence-corrected chi connectivity index (χ2v) is 13.0. The van der Waals surface area contributed by atoms with E-state index in [2.05, 4.69) is 29.5 Å². The highest BCUT2D eigenvalue weighted by Crippen LogP contribution is 2.45. The molecule has 8 N–H and O–H groups in total. The van der Waals surface area contributed by atoms with E-state index in [1.807, 2.05) is 0 Å². The summed E-state index contributed by atoms with van der Waals surface area (Å²) in [6, 6.07) is -0.444. The zero-order valence-electron chi connectivity index (χ0n) is 25.9. The Morgan fingerprint density at radius 2 is 1.98 bits per heavy atom. The number of carboxylic acid groups (broad SMARTS) is 2. The number of carbonyl (C=O) groups is 5. The number of rotatable bonds is 14. The fourth-order valence-electron chi connectivity index (χ4n) is 4.32. The lowest BCUT2D eigenvalue weighted by Crippen LogP contribution is -2.62. The highest BCUT2D eigenvalue weighted by atomic mass is 32.2. The maximum atomic E-state index is 13.3. The number of aliphatic carboxylic acids is 2. The van der Waals surface area contributed by atoms with E-state index in [1.54, 1.807) is 28.8 Å². The Morgan fingerprint density at radius 3 is 2.53 bits per heavy atom. The summed E-state index contributed by atoms with van der Waals surface area (Å²) >= 11 is -0.789. The number of hydrogen-bond acceptors (Lipinski definition) is 17. The number of hydrogen-bond donors (Lipinski definition) is 6. The lowest BCUT2D eigenvalue weighted by Gasteiger charge is -2.49. The maximum absolute atomic E-state index is 13.3. The number of urea groups is 1. The number of Topliss-reactive ketones (excluding diaryl/α,β-unsaturated/α-hetero) is 1. The summed E-state index contributed by atoms with van der Waals surface area (Å²) < 4.78 is 27.4. The molecular formula is C24H31N10O12S3-. The van der Waals surface area contributed by atoms with Crippen LogP contribution < -0.4 is 32.0 Å². The van der Waals surface area contributed by atoms with E-state index >= 15 is 0 Å². The second kappa shape index (κ2) is 16.7. The number of nitrogens with one attached hydrogen (secondary N) is 2. The molecule has 0 radical (unpaired) electrons. The van der Waals surface area contributed by atoms with Gasteiger partial charge in [-0.3, -0.25) is 14.5 Å². The summed E-state index contributed by atoms with van der Waals surface area (Å²) in [5, 5.41) is 36.3. The van der Waals surface area contributed by atoms with Gasteiger partial charge >= 0.3 is 18.0 Å². The number of aromatic nitrogens is 4. The standard InChI is InChI=1S/C24H30N10O8S2.H2O4S/c1-24(2,21(39)40)42-30-15(17-29-22(26)44-31-17)14(35)6-13-18(36)34-16(20(37)38)11(10-43-19(13)34)7-33-9-12(8-32(33)3)28-23(41)27-5-4-25;1-4-5(2)3/h8-9,13,19H,4-7,10,25H2,1-3H3,(H5-,26,27,28,29,31,37,38,39,40,41);1H,(H,2,3)/p-1/b30-15+;/t13-,19-;/m1./s1. The number of fused-ring (bicyclic) bond motifs is 1. The number of anilines is 2. The minimum absolute atomic E-state index is 0.0318. The van der Waals surface area contributed by atoms with Crippen molar-refractivity contribution in [3.05, 3.63) is 29.5 Å². The molecule has 0 saturated carbocycles. The lowest BCUT2D eigenvalue weighted by molar-refractivity contribution is -0.752. The van der Waals surface area contributed by atoms with Crippen LogP contribution in [0.5, 0.6) is 0 Å². The zero-order valence-corrected chi connectivity index (χ0v) is 28.3. The molecule has 49 heavy (non-hydrogen) atoms. The van der Waals surface area contributed by atoms with Gasteiger partial charge in [0, 0.05) is 36.8 Å². The molecule has 0 bridgehead atoms. The summed E-state index contributed by atoms with van der Waals surface area (Å²) in [5.74, 6) is -4.73. The Morgan fingerprint density at radius 1 is 1.31 bits per heavy atom. The van der Waals surface area contributed by atoms with Crippen LogP contribution in [0.2, 0.25) is 0 Å². The van der Waals surface area contributed by atoms with Gasteiger partial charge in [0.05, 0.1) is 28.8 Å². The number of ketones is 1. The monoisotopic (exact) mass is 747 g/mol. The quantitative estimate of drug-likeness (QED) is 0.0280. The van der Waals surface area contributed by atoms with Gasteiger partial charge in [0.25, 0.3) is 0 Å². The van der Waals surface area contributed by atoms with E-state index in [0.717, 1.165) is 16.4 Å². The third kappa shape index (κ3) is 9.77. The van der Waals surface area contributed by atoms with Crippen LogP contribution in [0.4, 0.5) is 15.6 Å². The Hall–Kier alpha value is -4.53. The molecule has 2 aliphatic heterocycles. The smallest absolute Gasteiger partial charge is 0.352 e. The molecule has 2 aliphatic rings. The van der Waals surface area contributed by atoms with Crippen molar-refractivity contribution >= 4 is 80.8 Å². The van der Waals surface area contributed by atoms with Crippen molar-refractivity contribution < 1.29 is 62.1 Å². The SMILES string of the molecule is C[n+]1cc(NC(=O)NCCN)cn1CC1=C(C(=O)O)N2C(=O)[C@@H](CC(=O)/C(=N\OC(C)(C)C(=O)O)c3nsc(N)n3)[C@H]2SC1.O=S([O-])O[O-]. The molecule has 1 unspecified atom stereocenters. The summed E-state index contributed by atoms with van der Waals surface area (Å²) in [7, 11) is 1.71. The molecule has 268 valence electrons. The number of thioether (sulfide) groups is 1. The first-order chi connectivity index (χ1) is 23.0. The Bertz CT molecular complexity index is 1690. The topological polar surface area (TPSA) is 334 Å². The van der Waals surface area contributed by atoms with Crippen molar-refractivity contribution in [2.75, 3.05) is 29.9 Å². The number of carboxylic acids is 2. The Balaban J connectivity index is 0.00000121. The molecular weight excluding hydrogens is 717 g/mol. The van der Waals surface area contributed by atoms with Crippen molar-refractivity contribution in [3.63, 3.8) is 0 Å². The molecule has 1 saturated heterocycles. The number of nitrogens with two attached hydrogens (primary N) is 2. The molecule has 25 heteroatoms. The van der Waals surface area contributed by atoms with Crippen molar-refractivity contribution in [1.82, 2.24) is 24.3 Å². The first kappa shape index (κ1) is 38.9. The summed E-state index contributed by atoms with van der Waals surface area (Å²) in [6.45, 7) is 3.16. The largest absolute Gasteiger partial charge is 0.750 e. The van der Waals surface area contributed by atoms with Crippen molar-refractivity contribution in [2.24, 2.45) is 23.9 Å². The number of nitrogen functional groups attached to an aromatic ring is 1. The van der Waals surface area contributed by atoms with Gasteiger partial charge < -0.3 is 51.3 Å². The maximum Gasteiger partial charge on any atom is 0.352 e. The molecule has 4 rings (SSSR count). The highest BCUT2D eigenvalue weighted by Gasteiger charge is 2.54. The van der Waals surface area contributed by atoms with Crippen LogP contribution in [-0.4, -0.2) is 103 Å². The van der Waals surface area contributed by atoms with Crippen molar-refractivity contribution in [1.29, 1.82) is 0 Å². The molecule has 4 heterocycles. The molecule has 0 aliphatic carbocycles. The number of nitrogens with zero attached hydrogens (tertiary/aromatic N) is 6.